The van der Waals surface area contributed by atoms with Crippen LogP contribution < -0.4 is 4.74 Å². The molecule has 1 N–H and O–H groups in total. The van der Waals surface area contributed by atoms with Crippen LogP contribution in [0.1, 0.15) is 37.0 Å². The summed E-state index contributed by atoms with van der Waals surface area (Å²) in [6.45, 7) is 7.81. The van der Waals surface area contributed by atoms with Crippen molar-refractivity contribution in [3.8, 4) is 5.75 Å². The Labute approximate surface area is 155 Å². The third kappa shape index (κ3) is 5.30. The predicted octanol–water partition coefficient (Wildman–Crippen LogP) is 3.60. The second kappa shape index (κ2) is 8.81. The Hall–Kier alpha value is -2.40. The number of pyridine rings is 1. The average molecular weight is 357 g/mol. The first-order valence-corrected chi connectivity index (χ1v) is 8.75. The minimum Gasteiger partial charge on any atom is -0.493 e. The molecule has 1 atom stereocenters. The number of aliphatic hydroxyl groups excluding tert-OH is 1. The van der Waals surface area contributed by atoms with Crippen molar-refractivity contribution >= 4 is 5.97 Å². The number of aromatic nitrogens is 1. The van der Waals surface area contributed by atoms with Crippen LogP contribution in [0.15, 0.2) is 42.7 Å². The largest absolute Gasteiger partial charge is 0.493 e. The lowest BCUT2D eigenvalue weighted by Crippen LogP contribution is -2.39. The van der Waals surface area contributed by atoms with Crippen LogP contribution in [0.25, 0.3) is 0 Å². The van der Waals surface area contributed by atoms with Gasteiger partial charge in [-0.2, -0.15) is 0 Å². The maximum absolute atomic E-state index is 12.4. The van der Waals surface area contributed by atoms with Gasteiger partial charge >= 0.3 is 5.97 Å². The Kier molecular flexibility index (Phi) is 6.75. The number of carbonyl (C=O) groups is 1. The second-order valence-electron chi connectivity index (χ2n) is 7.08. The molecule has 26 heavy (non-hydrogen) atoms. The first-order chi connectivity index (χ1) is 12.3. The summed E-state index contributed by atoms with van der Waals surface area (Å²) in [6.07, 6.45) is 2.78. The minimum absolute atomic E-state index is 0.141. The lowest BCUT2D eigenvalue weighted by Gasteiger charge is -2.28. The molecule has 1 heterocycles. The van der Waals surface area contributed by atoms with Gasteiger partial charge in [0, 0.05) is 24.4 Å². The molecule has 1 aromatic carbocycles. The maximum atomic E-state index is 12.4. The Bertz CT molecular complexity index is 728. The molecule has 2 aromatic rings. The summed E-state index contributed by atoms with van der Waals surface area (Å²) in [6, 6.07) is 9.61. The van der Waals surface area contributed by atoms with Gasteiger partial charge in [-0.15, -0.1) is 0 Å². The summed E-state index contributed by atoms with van der Waals surface area (Å²) < 4.78 is 11.1. The van der Waals surface area contributed by atoms with Crippen molar-refractivity contribution in [1.82, 2.24) is 4.98 Å². The Morgan fingerprint density at radius 2 is 2.04 bits per heavy atom. The van der Waals surface area contributed by atoms with Gasteiger partial charge < -0.3 is 14.6 Å². The number of hydrogen-bond acceptors (Lipinski definition) is 5. The van der Waals surface area contributed by atoms with Gasteiger partial charge in [0.25, 0.3) is 0 Å². The zero-order chi connectivity index (χ0) is 19.2. The highest BCUT2D eigenvalue weighted by Gasteiger charge is 2.37. The Balaban J connectivity index is 1.85. The fraction of sp³-hybridized carbons (Fsp3) is 0.429. The van der Waals surface area contributed by atoms with Crippen molar-refractivity contribution in [1.29, 1.82) is 0 Å². The Morgan fingerprint density at radius 3 is 2.73 bits per heavy atom. The lowest BCUT2D eigenvalue weighted by molar-refractivity contribution is -0.162. The highest BCUT2D eigenvalue weighted by atomic mass is 16.5. The molecule has 0 radical (unpaired) electrons. The monoisotopic (exact) mass is 357 g/mol. The van der Waals surface area contributed by atoms with Crippen LogP contribution in [0.2, 0.25) is 0 Å². The van der Waals surface area contributed by atoms with Crippen LogP contribution in [-0.4, -0.2) is 28.8 Å². The first-order valence-electron chi connectivity index (χ1n) is 8.75. The highest BCUT2D eigenvalue weighted by Crippen LogP contribution is 2.26. The molecule has 0 saturated heterocycles. The standard InChI is InChI=1S/C21H27NO4/c1-15-7-8-16(2)18(12-15)25-11-9-19(23)21(3,4)20(24)26-14-17-6-5-10-22-13-17/h5-8,10,12-13,19,23H,9,11,14H2,1-4H3. The molecule has 0 saturated carbocycles. The number of esters is 1. The molecule has 1 unspecified atom stereocenters. The van der Waals surface area contributed by atoms with Crippen molar-refractivity contribution in [3.05, 3.63) is 59.4 Å². The third-order valence-electron chi connectivity index (χ3n) is 4.44. The fourth-order valence-corrected chi connectivity index (χ4v) is 2.46. The van der Waals surface area contributed by atoms with Gasteiger partial charge in [-0.25, -0.2) is 0 Å². The van der Waals surface area contributed by atoms with Gasteiger partial charge in [-0.3, -0.25) is 9.78 Å². The number of hydrogen-bond donors (Lipinski definition) is 1. The summed E-state index contributed by atoms with van der Waals surface area (Å²) in [7, 11) is 0. The molecule has 0 fully saturated rings. The van der Waals surface area contributed by atoms with Crippen molar-refractivity contribution in [2.24, 2.45) is 5.41 Å². The molecule has 5 nitrogen and oxygen atoms in total. The summed E-state index contributed by atoms with van der Waals surface area (Å²) in [5, 5.41) is 10.5. The highest BCUT2D eigenvalue weighted by molar-refractivity contribution is 5.76. The van der Waals surface area contributed by atoms with Crippen molar-refractivity contribution in [3.63, 3.8) is 0 Å². The molecule has 0 aliphatic heterocycles. The quantitative estimate of drug-likeness (QED) is 0.731. The number of aryl methyl sites for hydroxylation is 2. The van der Waals surface area contributed by atoms with Gasteiger partial charge in [0.2, 0.25) is 0 Å². The van der Waals surface area contributed by atoms with Crippen LogP contribution in [0.3, 0.4) is 0 Å². The molecule has 0 aliphatic rings. The summed E-state index contributed by atoms with van der Waals surface area (Å²) in [5.41, 5.74) is 1.95. The molecule has 0 amide bonds. The van der Waals surface area contributed by atoms with Crippen LogP contribution in [0.5, 0.6) is 5.75 Å². The average Bonchev–Trinajstić information content (AvgIpc) is 2.63. The molecule has 0 spiro atoms. The fourth-order valence-electron chi connectivity index (χ4n) is 2.46. The van der Waals surface area contributed by atoms with Crippen LogP contribution in [-0.2, 0) is 16.1 Å². The van der Waals surface area contributed by atoms with E-state index in [4.69, 9.17) is 9.47 Å². The van der Waals surface area contributed by atoms with E-state index in [1.54, 1.807) is 32.3 Å². The van der Waals surface area contributed by atoms with Gasteiger partial charge in [-0.05, 0) is 51.0 Å². The molecule has 1 aromatic heterocycles. The molecule has 2 rings (SSSR count). The van der Waals surface area contributed by atoms with Crippen LogP contribution in [0, 0.1) is 19.3 Å². The number of nitrogens with zero attached hydrogens (tertiary/aromatic N) is 1. The van der Waals surface area contributed by atoms with E-state index in [1.165, 1.54) is 0 Å². The van der Waals surface area contributed by atoms with Gasteiger partial charge in [-0.1, -0.05) is 18.2 Å². The minimum atomic E-state index is -1.02. The molecule has 0 bridgehead atoms. The summed E-state index contributed by atoms with van der Waals surface area (Å²) in [5.74, 6) is 0.356. The van der Waals surface area contributed by atoms with Crippen LogP contribution in [0.4, 0.5) is 0 Å². The second-order valence-corrected chi connectivity index (χ2v) is 7.08. The molecular formula is C21H27NO4. The SMILES string of the molecule is Cc1ccc(C)c(OCCC(O)C(C)(C)C(=O)OCc2cccnc2)c1. The van der Waals surface area contributed by atoms with E-state index < -0.39 is 17.5 Å². The number of carbonyl (C=O) groups excluding carboxylic acids is 1. The zero-order valence-electron chi connectivity index (χ0n) is 15.9. The van der Waals surface area contributed by atoms with E-state index in [-0.39, 0.29) is 6.61 Å². The van der Waals surface area contributed by atoms with E-state index in [1.807, 2.05) is 38.1 Å². The molecule has 5 heteroatoms. The third-order valence-corrected chi connectivity index (χ3v) is 4.44. The van der Waals surface area contributed by atoms with Crippen molar-refractivity contribution < 1.29 is 19.4 Å². The smallest absolute Gasteiger partial charge is 0.314 e. The van der Waals surface area contributed by atoms with E-state index in [2.05, 4.69) is 4.98 Å². The van der Waals surface area contributed by atoms with Crippen molar-refractivity contribution in [2.75, 3.05) is 6.61 Å². The number of rotatable bonds is 8. The van der Waals surface area contributed by atoms with E-state index >= 15 is 0 Å². The maximum Gasteiger partial charge on any atom is 0.314 e. The van der Waals surface area contributed by atoms with Gasteiger partial charge in [0.15, 0.2) is 0 Å². The molecule has 140 valence electrons. The summed E-state index contributed by atoms with van der Waals surface area (Å²) >= 11 is 0. The number of benzene rings is 1. The first kappa shape index (κ1) is 19.9. The van der Waals surface area contributed by atoms with Gasteiger partial charge in [0.05, 0.1) is 18.1 Å². The van der Waals surface area contributed by atoms with Crippen LogP contribution >= 0.6 is 0 Å². The number of ether oxygens (including phenoxy) is 2. The lowest BCUT2D eigenvalue weighted by atomic mass is 9.85. The molecular weight excluding hydrogens is 330 g/mol. The normalized spacial score (nSPS) is 12.5. The van der Waals surface area contributed by atoms with Gasteiger partial charge in [0.1, 0.15) is 12.4 Å². The molecule has 0 aliphatic carbocycles. The van der Waals surface area contributed by atoms with E-state index in [0.29, 0.717) is 13.0 Å². The number of aliphatic hydroxyl groups is 1. The topological polar surface area (TPSA) is 68.7 Å². The Morgan fingerprint density at radius 1 is 1.27 bits per heavy atom. The van der Waals surface area contributed by atoms with E-state index in [9.17, 15) is 9.90 Å². The van der Waals surface area contributed by atoms with Crippen molar-refractivity contribution in [2.45, 2.75) is 46.8 Å². The zero-order valence-corrected chi connectivity index (χ0v) is 15.9. The predicted molar refractivity (Wildman–Crippen MR) is 99.8 cm³/mol. The van der Waals surface area contributed by atoms with E-state index in [0.717, 1.165) is 22.4 Å². The summed E-state index contributed by atoms with van der Waals surface area (Å²) in [4.78, 5) is 16.4.